The summed E-state index contributed by atoms with van der Waals surface area (Å²) in [5.74, 6) is -0.255. The standard InChI is InChI=1S/C14H22N2O2/c1-18-10-6-5-9-16-14(17)13(11-15)12-7-3-2-4-8-12/h2-4,7-8,13H,5-6,9-11,15H2,1H3,(H,16,17). The van der Waals surface area contributed by atoms with Crippen LogP contribution in [0.1, 0.15) is 24.3 Å². The first-order valence-corrected chi connectivity index (χ1v) is 6.31. The maximum Gasteiger partial charge on any atom is 0.228 e. The van der Waals surface area contributed by atoms with Gasteiger partial charge >= 0.3 is 0 Å². The molecule has 1 amide bonds. The lowest BCUT2D eigenvalue weighted by atomic mass is 9.98. The van der Waals surface area contributed by atoms with Crippen LogP contribution in [-0.2, 0) is 9.53 Å². The Morgan fingerprint density at radius 1 is 1.33 bits per heavy atom. The lowest BCUT2D eigenvalue weighted by molar-refractivity contribution is -0.122. The number of nitrogens with one attached hydrogen (secondary N) is 1. The first kappa shape index (κ1) is 14.7. The highest BCUT2D eigenvalue weighted by Gasteiger charge is 2.17. The van der Waals surface area contributed by atoms with E-state index in [0.717, 1.165) is 25.0 Å². The van der Waals surface area contributed by atoms with Gasteiger partial charge in [0.05, 0.1) is 5.92 Å². The molecule has 1 aromatic rings. The van der Waals surface area contributed by atoms with E-state index in [1.807, 2.05) is 30.3 Å². The number of amides is 1. The van der Waals surface area contributed by atoms with Gasteiger partial charge in [-0.1, -0.05) is 30.3 Å². The summed E-state index contributed by atoms with van der Waals surface area (Å²) in [6.45, 7) is 1.73. The fourth-order valence-corrected chi connectivity index (χ4v) is 1.79. The van der Waals surface area contributed by atoms with Crippen LogP contribution in [0.25, 0.3) is 0 Å². The van der Waals surface area contributed by atoms with Crippen molar-refractivity contribution >= 4 is 5.91 Å². The third-order valence-electron chi connectivity index (χ3n) is 2.83. The van der Waals surface area contributed by atoms with Gasteiger partial charge in [-0.2, -0.15) is 0 Å². The van der Waals surface area contributed by atoms with E-state index >= 15 is 0 Å². The van der Waals surface area contributed by atoms with Crippen molar-refractivity contribution < 1.29 is 9.53 Å². The Bertz CT molecular complexity index is 341. The summed E-state index contributed by atoms with van der Waals surface area (Å²) >= 11 is 0. The molecule has 0 fully saturated rings. The van der Waals surface area contributed by atoms with Gasteiger partial charge in [0.25, 0.3) is 0 Å². The van der Waals surface area contributed by atoms with Crippen molar-refractivity contribution in [3.05, 3.63) is 35.9 Å². The maximum absolute atomic E-state index is 12.0. The number of methoxy groups -OCH3 is 1. The van der Waals surface area contributed by atoms with Gasteiger partial charge < -0.3 is 15.8 Å². The number of ether oxygens (including phenoxy) is 1. The summed E-state index contributed by atoms with van der Waals surface area (Å²) in [7, 11) is 1.68. The van der Waals surface area contributed by atoms with Crippen LogP contribution in [0.5, 0.6) is 0 Å². The monoisotopic (exact) mass is 250 g/mol. The molecule has 1 aromatic carbocycles. The number of nitrogens with two attached hydrogens (primary N) is 1. The van der Waals surface area contributed by atoms with Crippen LogP contribution in [0.3, 0.4) is 0 Å². The van der Waals surface area contributed by atoms with E-state index < -0.39 is 0 Å². The molecule has 0 aliphatic carbocycles. The Kier molecular flexibility index (Phi) is 7.06. The summed E-state index contributed by atoms with van der Waals surface area (Å²) < 4.78 is 4.95. The van der Waals surface area contributed by atoms with E-state index in [1.165, 1.54) is 0 Å². The fraction of sp³-hybridized carbons (Fsp3) is 0.500. The van der Waals surface area contributed by atoms with E-state index in [4.69, 9.17) is 10.5 Å². The maximum atomic E-state index is 12.0. The van der Waals surface area contributed by atoms with Gasteiger partial charge in [0.15, 0.2) is 0 Å². The number of hydrogen-bond acceptors (Lipinski definition) is 3. The molecule has 0 aromatic heterocycles. The average molecular weight is 250 g/mol. The fourth-order valence-electron chi connectivity index (χ4n) is 1.79. The molecule has 3 N–H and O–H groups in total. The minimum Gasteiger partial charge on any atom is -0.385 e. The zero-order valence-electron chi connectivity index (χ0n) is 10.9. The van der Waals surface area contributed by atoms with Crippen LogP contribution in [0.4, 0.5) is 0 Å². The minimum atomic E-state index is -0.256. The van der Waals surface area contributed by atoms with Crippen molar-refractivity contribution in [1.82, 2.24) is 5.32 Å². The van der Waals surface area contributed by atoms with Crippen LogP contribution < -0.4 is 11.1 Å². The molecule has 4 nitrogen and oxygen atoms in total. The van der Waals surface area contributed by atoms with Crippen LogP contribution in [0.15, 0.2) is 30.3 Å². The molecule has 0 spiro atoms. The molecular weight excluding hydrogens is 228 g/mol. The lowest BCUT2D eigenvalue weighted by Crippen LogP contribution is -2.34. The molecular formula is C14H22N2O2. The van der Waals surface area contributed by atoms with Gasteiger partial charge in [-0.25, -0.2) is 0 Å². The molecule has 4 heteroatoms. The summed E-state index contributed by atoms with van der Waals surface area (Å²) in [4.78, 5) is 12.0. The Labute approximate surface area is 109 Å². The number of benzene rings is 1. The first-order chi connectivity index (χ1) is 8.79. The zero-order chi connectivity index (χ0) is 13.2. The van der Waals surface area contributed by atoms with Gasteiger partial charge in [-0.05, 0) is 18.4 Å². The van der Waals surface area contributed by atoms with Crippen molar-refractivity contribution in [2.75, 3.05) is 26.8 Å². The molecule has 0 heterocycles. The lowest BCUT2D eigenvalue weighted by Gasteiger charge is -2.15. The molecule has 0 saturated heterocycles. The Morgan fingerprint density at radius 3 is 2.67 bits per heavy atom. The predicted molar refractivity (Wildman–Crippen MR) is 72.4 cm³/mol. The second-order valence-electron chi connectivity index (χ2n) is 4.19. The molecule has 0 saturated carbocycles. The summed E-state index contributed by atoms with van der Waals surface area (Å²) in [6.07, 6.45) is 1.88. The normalized spacial score (nSPS) is 12.1. The quantitative estimate of drug-likeness (QED) is 0.683. The van der Waals surface area contributed by atoms with Crippen molar-refractivity contribution in [2.45, 2.75) is 18.8 Å². The Morgan fingerprint density at radius 2 is 2.06 bits per heavy atom. The van der Waals surface area contributed by atoms with Crippen molar-refractivity contribution in [3.8, 4) is 0 Å². The van der Waals surface area contributed by atoms with E-state index in [0.29, 0.717) is 13.1 Å². The average Bonchev–Trinajstić information content (AvgIpc) is 2.40. The smallest absolute Gasteiger partial charge is 0.228 e. The number of rotatable bonds is 8. The van der Waals surface area contributed by atoms with Crippen LogP contribution >= 0.6 is 0 Å². The van der Waals surface area contributed by atoms with E-state index in [-0.39, 0.29) is 11.8 Å². The molecule has 0 bridgehead atoms. The van der Waals surface area contributed by atoms with E-state index in [9.17, 15) is 4.79 Å². The van der Waals surface area contributed by atoms with E-state index in [1.54, 1.807) is 7.11 Å². The van der Waals surface area contributed by atoms with Gasteiger partial charge in [0.2, 0.25) is 5.91 Å². The van der Waals surface area contributed by atoms with Gasteiger partial charge in [0, 0.05) is 26.8 Å². The molecule has 0 aliphatic heterocycles. The number of carbonyl (C=O) groups is 1. The minimum absolute atomic E-state index is 0.00103. The van der Waals surface area contributed by atoms with Gasteiger partial charge in [-0.15, -0.1) is 0 Å². The number of hydrogen-bond donors (Lipinski definition) is 2. The second-order valence-corrected chi connectivity index (χ2v) is 4.19. The Balaban J connectivity index is 2.39. The van der Waals surface area contributed by atoms with Gasteiger partial charge in [0.1, 0.15) is 0 Å². The summed E-state index contributed by atoms with van der Waals surface area (Å²) in [5.41, 5.74) is 6.64. The second kappa shape index (κ2) is 8.66. The predicted octanol–water partition coefficient (Wildman–Crippen LogP) is 1.27. The third kappa shape index (κ3) is 4.85. The number of unbranched alkanes of at least 4 members (excludes halogenated alkanes) is 1. The van der Waals surface area contributed by atoms with Crippen molar-refractivity contribution in [1.29, 1.82) is 0 Å². The van der Waals surface area contributed by atoms with E-state index in [2.05, 4.69) is 5.32 Å². The van der Waals surface area contributed by atoms with Crippen LogP contribution in [0, 0.1) is 0 Å². The third-order valence-corrected chi connectivity index (χ3v) is 2.83. The van der Waals surface area contributed by atoms with Crippen LogP contribution in [0.2, 0.25) is 0 Å². The molecule has 1 rings (SSSR count). The first-order valence-electron chi connectivity index (χ1n) is 6.31. The summed E-state index contributed by atoms with van der Waals surface area (Å²) in [6, 6.07) is 9.64. The molecule has 100 valence electrons. The zero-order valence-corrected chi connectivity index (χ0v) is 10.9. The van der Waals surface area contributed by atoms with Gasteiger partial charge in [-0.3, -0.25) is 4.79 Å². The molecule has 1 atom stereocenters. The molecule has 0 radical (unpaired) electrons. The number of carbonyl (C=O) groups excluding carboxylic acids is 1. The topological polar surface area (TPSA) is 64.3 Å². The highest BCUT2D eigenvalue weighted by Crippen LogP contribution is 2.13. The molecule has 0 aliphatic rings. The Hall–Kier alpha value is -1.39. The molecule has 18 heavy (non-hydrogen) atoms. The highest BCUT2D eigenvalue weighted by molar-refractivity contribution is 5.83. The highest BCUT2D eigenvalue weighted by atomic mass is 16.5. The van der Waals surface area contributed by atoms with Crippen LogP contribution in [-0.4, -0.2) is 32.7 Å². The van der Waals surface area contributed by atoms with Crippen molar-refractivity contribution in [3.63, 3.8) is 0 Å². The summed E-state index contributed by atoms with van der Waals surface area (Å²) in [5, 5.41) is 2.92. The SMILES string of the molecule is COCCCCNC(=O)C(CN)c1ccccc1. The largest absolute Gasteiger partial charge is 0.385 e. The molecule has 1 unspecified atom stereocenters. The van der Waals surface area contributed by atoms with Crippen molar-refractivity contribution in [2.24, 2.45) is 5.73 Å².